The fourth-order valence-corrected chi connectivity index (χ4v) is 5.26. The Morgan fingerprint density at radius 3 is 2.08 bits per heavy atom. The zero-order valence-electron chi connectivity index (χ0n) is 21.5. The van der Waals surface area contributed by atoms with Gasteiger partial charge in [-0.05, 0) is 92.4 Å². The number of anilines is 3. The van der Waals surface area contributed by atoms with Crippen molar-refractivity contribution in [1.82, 2.24) is 9.71 Å². The van der Waals surface area contributed by atoms with Crippen LogP contribution in [-0.2, 0) is 4.79 Å². The van der Waals surface area contributed by atoms with Crippen LogP contribution in [0.2, 0.25) is 0 Å². The van der Waals surface area contributed by atoms with E-state index in [9.17, 15) is 4.79 Å². The first-order valence-corrected chi connectivity index (χ1v) is 13.1. The zero-order valence-corrected chi connectivity index (χ0v) is 22.3. The number of methoxy groups -OCH3 is 1. The maximum absolute atomic E-state index is 12.6. The number of ether oxygens (including phenoxy) is 1. The Hall–Kier alpha value is -3.23. The van der Waals surface area contributed by atoms with Gasteiger partial charge in [-0.15, -0.1) is 0 Å². The molecule has 2 heterocycles. The Morgan fingerprint density at radius 1 is 0.972 bits per heavy atom. The molecular weight excluding hydrogens is 470 g/mol. The molecule has 7 nitrogen and oxygen atoms in total. The number of nitrogens with one attached hydrogen (secondary N) is 2. The van der Waals surface area contributed by atoms with Gasteiger partial charge < -0.3 is 19.9 Å². The molecule has 2 aromatic carbocycles. The van der Waals surface area contributed by atoms with Crippen LogP contribution in [0.3, 0.4) is 0 Å². The van der Waals surface area contributed by atoms with Gasteiger partial charge in [0.15, 0.2) is 0 Å². The number of aryl methyl sites for hydroxylation is 2. The molecule has 190 valence electrons. The van der Waals surface area contributed by atoms with E-state index in [1.54, 1.807) is 19.1 Å². The lowest BCUT2D eigenvalue weighted by molar-refractivity contribution is -0.116. The van der Waals surface area contributed by atoms with Gasteiger partial charge in [0.2, 0.25) is 5.91 Å². The van der Waals surface area contributed by atoms with Crippen LogP contribution in [0.15, 0.2) is 65.8 Å². The summed E-state index contributed by atoms with van der Waals surface area (Å²) in [6, 6.07) is 16.3. The molecule has 3 aromatic rings. The van der Waals surface area contributed by atoms with E-state index < -0.39 is 0 Å². The Kier molecular flexibility index (Phi) is 8.72. The molecule has 1 unspecified atom stereocenters. The molecule has 1 saturated heterocycles. The van der Waals surface area contributed by atoms with Crippen molar-refractivity contribution in [2.75, 3.05) is 48.4 Å². The smallest absolute Gasteiger partial charge is 0.225 e. The first-order chi connectivity index (χ1) is 17.4. The number of benzene rings is 2. The fourth-order valence-electron chi connectivity index (χ4n) is 4.41. The molecule has 0 saturated carbocycles. The van der Waals surface area contributed by atoms with E-state index in [2.05, 4.69) is 62.9 Å². The maximum Gasteiger partial charge on any atom is 0.225 e. The summed E-state index contributed by atoms with van der Waals surface area (Å²) < 4.78 is 8.74. The van der Waals surface area contributed by atoms with Crippen LogP contribution >= 0.6 is 11.9 Å². The topological polar surface area (TPSA) is 69.7 Å². The third kappa shape index (κ3) is 6.71. The lowest BCUT2D eigenvalue weighted by Crippen LogP contribution is -2.46. The summed E-state index contributed by atoms with van der Waals surface area (Å²) in [4.78, 5) is 22.7. The van der Waals surface area contributed by atoms with Crippen molar-refractivity contribution in [3.05, 3.63) is 72.1 Å². The van der Waals surface area contributed by atoms with Crippen LogP contribution in [0.25, 0.3) is 0 Å². The predicted molar refractivity (Wildman–Crippen MR) is 149 cm³/mol. The van der Waals surface area contributed by atoms with Gasteiger partial charge in [0, 0.05) is 73.0 Å². The monoisotopic (exact) mass is 505 g/mol. The fraction of sp³-hybridized carbons (Fsp3) is 0.357. The molecule has 0 aliphatic carbocycles. The minimum atomic E-state index is -0.00232. The van der Waals surface area contributed by atoms with Crippen LogP contribution in [0, 0.1) is 13.8 Å². The van der Waals surface area contributed by atoms with Crippen LogP contribution in [0.4, 0.5) is 17.1 Å². The standard InChI is InChI=1S/C28H35N5O2S/c1-20-17-26(35-4)18-21(2)28(20)36-31-22(3)19-27(34)30-23-5-7-24(8-6-23)32-13-15-33(16-14-32)25-9-11-29-12-10-25/h5-12,17-18,22,31H,13-16,19H2,1-4H3,(H,30,34). The molecule has 1 atom stereocenters. The summed E-state index contributed by atoms with van der Waals surface area (Å²) in [6.07, 6.45) is 4.07. The number of carbonyl (C=O) groups excluding carboxylic acids is 1. The largest absolute Gasteiger partial charge is 0.497 e. The minimum absolute atomic E-state index is 0.00232. The highest BCUT2D eigenvalue weighted by atomic mass is 32.2. The van der Waals surface area contributed by atoms with E-state index in [0.29, 0.717) is 6.42 Å². The lowest BCUT2D eigenvalue weighted by atomic mass is 10.1. The van der Waals surface area contributed by atoms with Gasteiger partial charge in [-0.2, -0.15) is 0 Å². The van der Waals surface area contributed by atoms with Crippen molar-refractivity contribution in [3.8, 4) is 5.75 Å². The number of hydrogen-bond donors (Lipinski definition) is 2. The van der Waals surface area contributed by atoms with E-state index in [4.69, 9.17) is 4.74 Å². The van der Waals surface area contributed by atoms with Gasteiger partial charge in [0.1, 0.15) is 5.75 Å². The van der Waals surface area contributed by atoms with E-state index in [1.165, 1.54) is 16.3 Å². The molecule has 0 bridgehead atoms. The molecule has 4 rings (SSSR count). The average Bonchev–Trinajstić information content (AvgIpc) is 2.89. The number of hydrogen-bond acceptors (Lipinski definition) is 7. The average molecular weight is 506 g/mol. The van der Waals surface area contributed by atoms with Crippen molar-refractivity contribution in [2.24, 2.45) is 0 Å². The molecule has 36 heavy (non-hydrogen) atoms. The number of rotatable bonds is 9. The predicted octanol–water partition coefficient (Wildman–Crippen LogP) is 5.05. The van der Waals surface area contributed by atoms with Crippen molar-refractivity contribution in [1.29, 1.82) is 0 Å². The number of carbonyl (C=O) groups is 1. The van der Waals surface area contributed by atoms with E-state index >= 15 is 0 Å². The van der Waals surface area contributed by atoms with E-state index in [1.807, 2.05) is 43.6 Å². The van der Waals surface area contributed by atoms with Crippen LogP contribution in [-0.4, -0.2) is 50.2 Å². The van der Waals surface area contributed by atoms with Crippen LogP contribution in [0.5, 0.6) is 5.75 Å². The third-order valence-electron chi connectivity index (χ3n) is 6.35. The van der Waals surface area contributed by atoms with Gasteiger partial charge in [-0.1, -0.05) is 0 Å². The van der Waals surface area contributed by atoms with E-state index in [-0.39, 0.29) is 11.9 Å². The summed E-state index contributed by atoms with van der Waals surface area (Å²) in [7, 11) is 1.68. The molecule has 1 aromatic heterocycles. The van der Waals surface area contributed by atoms with Crippen molar-refractivity contribution >= 4 is 34.9 Å². The van der Waals surface area contributed by atoms with Crippen LogP contribution in [0.1, 0.15) is 24.5 Å². The summed E-state index contributed by atoms with van der Waals surface area (Å²) in [5.74, 6) is 0.859. The molecule has 1 aliphatic heterocycles. The number of nitrogens with zero attached hydrogens (tertiary/aromatic N) is 3. The molecule has 0 radical (unpaired) electrons. The quantitative estimate of drug-likeness (QED) is 0.395. The number of pyridine rings is 1. The molecule has 1 amide bonds. The Bertz CT molecular complexity index is 1130. The molecule has 8 heteroatoms. The zero-order chi connectivity index (χ0) is 25.5. The number of aromatic nitrogens is 1. The summed E-state index contributed by atoms with van der Waals surface area (Å²) in [6.45, 7) is 10.0. The summed E-state index contributed by atoms with van der Waals surface area (Å²) >= 11 is 1.57. The Morgan fingerprint density at radius 2 is 1.53 bits per heavy atom. The molecule has 2 N–H and O–H groups in total. The lowest BCUT2D eigenvalue weighted by Gasteiger charge is -2.37. The van der Waals surface area contributed by atoms with Gasteiger partial charge in [0.05, 0.1) is 7.11 Å². The Balaban J connectivity index is 1.23. The second-order valence-electron chi connectivity index (χ2n) is 9.19. The SMILES string of the molecule is COc1cc(C)c(SNC(C)CC(=O)Nc2ccc(N3CCN(c4ccncc4)CC3)cc2)c(C)c1. The highest BCUT2D eigenvalue weighted by Crippen LogP contribution is 2.29. The normalized spacial score (nSPS) is 14.4. The molecular formula is C28H35N5O2S. The van der Waals surface area contributed by atoms with Gasteiger partial charge in [-0.3, -0.25) is 14.5 Å². The number of piperazine rings is 1. The minimum Gasteiger partial charge on any atom is -0.497 e. The maximum atomic E-state index is 12.6. The van der Waals surface area contributed by atoms with Crippen molar-refractivity contribution < 1.29 is 9.53 Å². The summed E-state index contributed by atoms with van der Waals surface area (Å²) in [5.41, 5.74) is 5.53. The van der Waals surface area contributed by atoms with Gasteiger partial charge in [0.25, 0.3) is 0 Å². The van der Waals surface area contributed by atoms with Gasteiger partial charge >= 0.3 is 0 Å². The Labute approximate surface area is 218 Å². The molecule has 1 aliphatic rings. The van der Waals surface area contributed by atoms with Crippen LogP contribution < -0.4 is 24.6 Å². The highest BCUT2D eigenvalue weighted by Gasteiger charge is 2.18. The first-order valence-electron chi connectivity index (χ1n) is 12.3. The molecule has 0 spiro atoms. The third-order valence-corrected chi connectivity index (χ3v) is 7.72. The highest BCUT2D eigenvalue weighted by molar-refractivity contribution is 7.97. The second-order valence-corrected chi connectivity index (χ2v) is 10.0. The van der Waals surface area contributed by atoms with E-state index in [0.717, 1.165) is 48.7 Å². The number of amides is 1. The molecule has 1 fully saturated rings. The van der Waals surface area contributed by atoms with Crippen molar-refractivity contribution in [3.63, 3.8) is 0 Å². The summed E-state index contributed by atoms with van der Waals surface area (Å²) in [5, 5.41) is 3.03. The second kappa shape index (κ2) is 12.1. The first kappa shape index (κ1) is 25.9. The van der Waals surface area contributed by atoms with Crippen molar-refractivity contribution in [2.45, 2.75) is 38.1 Å². The van der Waals surface area contributed by atoms with Gasteiger partial charge in [-0.25, -0.2) is 0 Å².